The van der Waals surface area contributed by atoms with Gasteiger partial charge in [-0.3, -0.25) is 14.8 Å². The van der Waals surface area contributed by atoms with E-state index < -0.39 is 6.23 Å². The Balaban J connectivity index is 1.47. The number of fused-ring (bicyclic) bond motifs is 2. The normalized spacial score (nSPS) is 18.9. The molecule has 0 saturated carbocycles. The van der Waals surface area contributed by atoms with Crippen molar-refractivity contribution in [1.82, 2.24) is 25.3 Å². The molecule has 1 atom stereocenters. The van der Waals surface area contributed by atoms with Crippen LogP contribution in [-0.4, -0.2) is 63.7 Å². The highest BCUT2D eigenvalue weighted by atomic mass is 16.3. The average Bonchev–Trinajstić information content (AvgIpc) is 3.42. The number of nitrogens with zero attached hydrogens (tertiary/aromatic N) is 4. The van der Waals surface area contributed by atoms with Crippen LogP contribution in [0, 0.1) is 11.3 Å². The smallest absolute Gasteiger partial charge is 0.272 e. The van der Waals surface area contributed by atoms with Crippen LogP contribution in [0.5, 0.6) is 0 Å². The lowest BCUT2D eigenvalue weighted by Gasteiger charge is -2.29. The first-order chi connectivity index (χ1) is 16.9. The number of nitrogens with two attached hydrogens (primary N) is 1. The van der Waals surface area contributed by atoms with Crippen LogP contribution in [0.4, 0.5) is 5.69 Å². The molecular formula is C26H29N7O2. The number of anilines is 1. The highest BCUT2D eigenvalue weighted by molar-refractivity contribution is 6.05. The van der Waals surface area contributed by atoms with E-state index in [1.165, 1.54) is 0 Å². The van der Waals surface area contributed by atoms with Crippen LogP contribution in [0.25, 0.3) is 22.0 Å². The summed E-state index contributed by atoms with van der Waals surface area (Å²) in [6.07, 6.45) is 0.929. The highest BCUT2D eigenvalue weighted by Crippen LogP contribution is 2.42. The maximum atomic E-state index is 13.1. The standard InChI is InChI=1S/C26H29N7O2/c1-15(12-27)13-33-14-20-18(4-5-21(28)23(20)26(33)35)16-3-6-22-19(11-16)24(31-30-22)25(34)29-17-7-9-32(2)10-8-17/h3-6,11,17,26,35H,1,7-10,13-14,28H2,2H3,(H,29,34)(H,30,31). The van der Waals surface area contributed by atoms with E-state index in [4.69, 9.17) is 11.0 Å². The summed E-state index contributed by atoms with van der Waals surface area (Å²) in [5.41, 5.74) is 11.6. The first kappa shape index (κ1) is 23.1. The minimum atomic E-state index is -0.913. The molecule has 0 spiro atoms. The van der Waals surface area contributed by atoms with Crippen LogP contribution >= 0.6 is 0 Å². The van der Waals surface area contributed by atoms with Crippen molar-refractivity contribution in [3.63, 3.8) is 0 Å². The van der Waals surface area contributed by atoms with Gasteiger partial charge in [0.25, 0.3) is 5.91 Å². The van der Waals surface area contributed by atoms with Crippen LogP contribution in [-0.2, 0) is 6.54 Å². The van der Waals surface area contributed by atoms with E-state index >= 15 is 0 Å². The fraction of sp³-hybridized carbons (Fsp3) is 0.346. The Kier molecular flexibility index (Phi) is 6.03. The fourth-order valence-corrected chi connectivity index (χ4v) is 5.08. The fourth-order valence-electron chi connectivity index (χ4n) is 5.08. The first-order valence-corrected chi connectivity index (χ1v) is 11.7. The number of nitrogen functional groups attached to an aromatic ring is 1. The number of aromatic nitrogens is 2. The molecule has 2 aliphatic rings. The molecule has 35 heavy (non-hydrogen) atoms. The molecule has 1 saturated heterocycles. The van der Waals surface area contributed by atoms with Gasteiger partial charge >= 0.3 is 0 Å². The maximum Gasteiger partial charge on any atom is 0.272 e. The number of carbonyl (C=O) groups excluding carboxylic acids is 1. The zero-order valence-corrected chi connectivity index (χ0v) is 19.7. The van der Waals surface area contributed by atoms with Crippen LogP contribution in [0.2, 0.25) is 0 Å². The number of hydrogen-bond donors (Lipinski definition) is 4. The lowest BCUT2D eigenvalue weighted by atomic mass is 9.94. The number of amides is 1. The summed E-state index contributed by atoms with van der Waals surface area (Å²) in [6.45, 7) is 6.36. The predicted molar refractivity (Wildman–Crippen MR) is 134 cm³/mol. The second-order valence-corrected chi connectivity index (χ2v) is 9.47. The van der Waals surface area contributed by atoms with Crippen molar-refractivity contribution in [2.75, 3.05) is 32.4 Å². The molecular weight excluding hydrogens is 442 g/mol. The summed E-state index contributed by atoms with van der Waals surface area (Å²) in [6, 6.07) is 11.7. The van der Waals surface area contributed by atoms with Gasteiger partial charge in [0, 0.05) is 41.3 Å². The number of aliphatic hydroxyl groups is 1. The van der Waals surface area contributed by atoms with Gasteiger partial charge in [-0.05, 0) is 67.9 Å². The number of piperidine rings is 1. The molecule has 3 aromatic rings. The maximum absolute atomic E-state index is 13.1. The molecule has 2 aliphatic heterocycles. The second kappa shape index (κ2) is 9.15. The van der Waals surface area contributed by atoms with Gasteiger partial charge in [-0.1, -0.05) is 18.7 Å². The molecule has 9 heteroatoms. The van der Waals surface area contributed by atoms with Crippen LogP contribution < -0.4 is 11.1 Å². The van der Waals surface area contributed by atoms with Gasteiger partial charge < -0.3 is 21.1 Å². The molecule has 1 fully saturated rings. The number of hydrogen-bond acceptors (Lipinski definition) is 7. The summed E-state index contributed by atoms with van der Waals surface area (Å²) in [7, 11) is 2.09. The predicted octanol–water partition coefficient (Wildman–Crippen LogP) is 2.52. The van der Waals surface area contributed by atoms with Crippen molar-refractivity contribution in [1.29, 1.82) is 5.26 Å². The van der Waals surface area contributed by atoms with E-state index in [1.54, 1.807) is 11.0 Å². The van der Waals surface area contributed by atoms with Crippen LogP contribution in [0.15, 0.2) is 42.5 Å². The molecule has 0 aliphatic carbocycles. The zero-order valence-electron chi connectivity index (χ0n) is 19.7. The van der Waals surface area contributed by atoms with Crippen molar-refractivity contribution in [3.05, 3.63) is 59.3 Å². The number of nitriles is 1. The van der Waals surface area contributed by atoms with Gasteiger partial charge in [0.15, 0.2) is 5.69 Å². The van der Waals surface area contributed by atoms with E-state index in [9.17, 15) is 9.90 Å². The summed E-state index contributed by atoms with van der Waals surface area (Å²) < 4.78 is 0. The Morgan fingerprint density at radius 3 is 2.86 bits per heavy atom. The molecule has 9 nitrogen and oxygen atoms in total. The third-order valence-corrected chi connectivity index (χ3v) is 7.05. The second-order valence-electron chi connectivity index (χ2n) is 9.47. The minimum absolute atomic E-state index is 0.143. The lowest BCUT2D eigenvalue weighted by Crippen LogP contribution is -2.43. The van der Waals surface area contributed by atoms with Crippen molar-refractivity contribution >= 4 is 22.5 Å². The van der Waals surface area contributed by atoms with Crippen molar-refractivity contribution in [3.8, 4) is 17.2 Å². The van der Waals surface area contributed by atoms with Gasteiger partial charge in [-0.2, -0.15) is 10.4 Å². The van der Waals surface area contributed by atoms with Gasteiger partial charge in [-0.25, -0.2) is 0 Å². The number of nitrogens with one attached hydrogen (secondary N) is 2. The Labute approximate surface area is 203 Å². The highest BCUT2D eigenvalue weighted by Gasteiger charge is 2.33. The van der Waals surface area contributed by atoms with Gasteiger partial charge in [-0.15, -0.1) is 0 Å². The van der Waals surface area contributed by atoms with E-state index in [1.807, 2.05) is 30.3 Å². The zero-order chi connectivity index (χ0) is 24.7. The van der Waals surface area contributed by atoms with E-state index in [2.05, 4.69) is 34.0 Å². The van der Waals surface area contributed by atoms with Crippen molar-refractivity contribution in [2.24, 2.45) is 0 Å². The third kappa shape index (κ3) is 4.28. The minimum Gasteiger partial charge on any atom is -0.398 e. The van der Waals surface area contributed by atoms with E-state index in [-0.39, 0.29) is 18.5 Å². The number of aromatic amines is 1. The molecule has 1 unspecified atom stereocenters. The Hall–Kier alpha value is -3.71. The number of H-pyrrole nitrogens is 1. The third-order valence-electron chi connectivity index (χ3n) is 7.05. The lowest BCUT2D eigenvalue weighted by molar-refractivity contribution is 0.0217. The van der Waals surface area contributed by atoms with Crippen molar-refractivity contribution in [2.45, 2.75) is 31.7 Å². The van der Waals surface area contributed by atoms with Gasteiger partial charge in [0.1, 0.15) is 6.23 Å². The van der Waals surface area contributed by atoms with Crippen molar-refractivity contribution < 1.29 is 9.90 Å². The molecule has 180 valence electrons. The molecule has 0 radical (unpaired) electrons. The van der Waals surface area contributed by atoms with E-state index in [0.717, 1.165) is 53.5 Å². The summed E-state index contributed by atoms with van der Waals surface area (Å²) in [5.74, 6) is -0.179. The van der Waals surface area contributed by atoms with E-state index in [0.29, 0.717) is 29.1 Å². The topological polar surface area (TPSA) is 134 Å². The molecule has 3 heterocycles. The van der Waals surface area contributed by atoms with Gasteiger partial charge in [0.2, 0.25) is 0 Å². The molecule has 2 aromatic carbocycles. The SMILES string of the molecule is C=C(C#N)CN1Cc2c(-c3ccc4[nH]nc(C(=O)NC5CCN(C)CC5)c4c3)ccc(N)c2C1O. The van der Waals surface area contributed by atoms with Gasteiger partial charge in [0.05, 0.1) is 11.6 Å². The Morgan fingerprint density at radius 1 is 1.34 bits per heavy atom. The molecule has 0 bridgehead atoms. The van der Waals surface area contributed by atoms with Crippen LogP contribution in [0.3, 0.4) is 0 Å². The number of carbonyl (C=O) groups is 1. The summed E-state index contributed by atoms with van der Waals surface area (Å²) in [5, 5.41) is 31.2. The number of benzene rings is 2. The number of likely N-dealkylation sites (tertiary alicyclic amines) is 1. The molecule has 1 amide bonds. The molecule has 5 rings (SSSR count). The quantitative estimate of drug-likeness (QED) is 0.332. The molecule has 5 N–H and O–H groups in total. The largest absolute Gasteiger partial charge is 0.398 e. The first-order valence-electron chi connectivity index (χ1n) is 11.7. The Bertz CT molecular complexity index is 1350. The summed E-state index contributed by atoms with van der Waals surface area (Å²) >= 11 is 0. The van der Waals surface area contributed by atoms with Crippen LogP contribution in [0.1, 0.15) is 40.7 Å². The number of rotatable bonds is 5. The Morgan fingerprint density at radius 2 is 2.11 bits per heavy atom. The molecule has 1 aromatic heterocycles. The summed E-state index contributed by atoms with van der Waals surface area (Å²) in [4.78, 5) is 17.1. The monoisotopic (exact) mass is 471 g/mol. The average molecular weight is 472 g/mol. The number of aliphatic hydroxyl groups excluding tert-OH is 1.